The monoisotopic (exact) mass is 182 g/mol. The average Bonchev–Trinajstić information content (AvgIpc) is 2.05. The van der Waals surface area contributed by atoms with Crippen molar-refractivity contribution in [1.29, 1.82) is 5.26 Å². The summed E-state index contributed by atoms with van der Waals surface area (Å²) in [7, 11) is 1.50. The Morgan fingerprint density at radius 2 is 2.50 bits per heavy atom. The van der Waals surface area contributed by atoms with Crippen LogP contribution in [0.25, 0.3) is 0 Å². The summed E-state index contributed by atoms with van der Waals surface area (Å²) in [5, 5.41) is 8.93. The van der Waals surface area contributed by atoms with E-state index in [-0.39, 0.29) is 6.42 Å². The van der Waals surface area contributed by atoms with Gasteiger partial charge in [0.1, 0.15) is 0 Å². The molecule has 3 nitrogen and oxygen atoms in total. The van der Waals surface area contributed by atoms with E-state index in [0.717, 1.165) is 0 Å². The third-order valence-corrected chi connectivity index (χ3v) is 1.68. The molecule has 0 aliphatic heterocycles. The van der Waals surface area contributed by atoms with Gasteiger partial charge in [0.2, 0.25) is 0 Å². The number of nitriles is 1. The molecule has 0 N–H and O–H groups in total. The average molecular weight is 183 g/mol. The summed E-state index contributed by atoms with van der Waals surface area (Å²) < 4.78 is 4.98. The zero-order chi connectivity index (χ0) is 8.97. The Kier molecular flexibility index (Phi) is 2.89. The molecule has 62 valence electrons. The minimum Gasteiger partial charge on any atom is -0.493 e. The highest BCUT2D eigenvalue weighted by Crippen LogP contribution is 2.26. The first-order valence-electron chi connectivity index (χ1n) is 3.34. The van der Waals surface area contributed by atoms with Crippen molar-refractivity contribution < 1.29 is 4.74 Å². The van der Waals surface area contributed by atoms with E-state index in [9.17, 15) is 0 Å². The van der Waals surface area contributed by atoms with Gasteiger partial charge in [-0.1, -0.05) is 11.6 Å². The number of aromatic nitrogens is 1. The summed E-state index contributed by atoms with van der Waals surface area (Å²) in [6.45, 7) is 0. The van der Waals surface area contributed by atoms with Crippen molar-refractivity contribution in [1.82, 2.24) is 4.98 Å². The van der Waals surface area contributed by atoms with Crippen LogP contribution in [0.4, 0.5) is 0 Å². The Balaban J connectivity index is 3.11. The van der Waals surface area contributed by atoms with Crippen LogP contribution in [0, 0.1) is 11.3 Å². The van der Waals surface area contributed by atoms with Crippen LogP contribution in [0.5, 0.6) is 5.75 Å². The number of rotatable bonds is 2. The Labute approximate surface area is 75.6 Å². The van der Waals surface area contributed by atoms with E-state index in [4.69, 9.17) is 21.6 Å². The molecule has 0 aliphatic carbocycles. The van der Waals surface area contributed by atoms with Crippen LogP contribution in [0.1, 0.15) is 5.69 Å². The number of pyridine rings is 1. The molecule has 1 rings (SSSR count). The predicted molar refractivity (Wildman–Crippen MR) is 45.1 cm³/mol. The van der Waals surface area contributed by atoms with Gasteiger partial charge in [-0.05, 0) is 6.07 Å². The molecule has 0 aliphatic rings. The standard InChI is InChI=1S/C8H7ClN2O/c1-12-8-6(9)3-5-11-7(8)2-4-10/h3,5H,2H2,1H3. The van der Waals surface area contributed by atoms with Crippen molar-refractivity contribution in [3.63, 3.8) is 0 Å². The molecule has 4 heteroatoms. The molecule has 1 heterocycles. The van der Waals surface area contributed by atoms with E-state index < -0.39 is 0 Å². The highest BCUT2D eigenvalue weighted by Gasteiger charge is 2.07. The zero-order valence-corrected chi connectivity index (χ0v) is 7.30. The van der Waals surface area contributed by atoms with Gasteiger partial charge in [-0.3, -0.25) is 4.98 Å². The van der Waals surface area contributed by atoms with Crippen molar-refractivity contribution in [2.75, 3.05) is 7.11 Å². The van der Waals surface area contributed by atoms with Gasteiger partial charge in [-0.15, -0.1) is 0 Å². The lowest BCUT2D eigenvalue weighted by molar-refractivity contribution is 0.408. The molecule has 1 aromatic heterocycles. The first-order chi connectivity index (χ1) is 5.79. The van der Waals surface area contributed by atoms with Crippen LogP contribution in [-0.2, 0) is 6.42 Å². The Morgan fingerprint density at radius 1 is 1.75 bits per heavy atom. The second kappa shape index (κ2) is 3.93. The van der Waals surface area contributed by atoms with Gasteiger partial charge in [0, 0.05) is 6.20 Å². The summed E-state index contributed by atoms with van der Waals surface area (Å²) in [5.41, 5.74) is 0.576. The van der Waals surface area contributed by atoms with E-state index in [2.05, 4.69) is 4.98 Å². The third-order valence-electron chi connectivity index (χ3n) is 1.38. The maximum Gasteiger partial charge on any atom is 0.159 e. The van der Waals surface area contributed by atoms with Crippen LogP contribution in [0.3, 0.4) is 0 Å². The molecule has 0 aromatic carbocycles. The van der Waals surface area contributed by atoms with Crippen LogP contribution in [0.15, 0.2) is 12.3 Å². The van der Waals surface area contributed by atoms with E-state index in [1.54, 1.807) is 12.3 Å². The lowest BCUT2D eigenvalue weighted by Crippen LogP contribution is -1.94. The van der Waals surface area contributed by atoms with Crippen molar-refractivity contribution in [2.24, 2.45) is 0 Å². The number of hydrogen-bond donors (Lipinski definition) is 0. The van der Waals surface area contributed by atoms with Gasteiger partial charge < -0.3 is 4.74 Å². The van der Waals surface area contributed by atoms with Crippen LogP contribution in [0.2, 0.25) is 5.02 Å². The fourth-order valence-corrected chi connectivity index (χ4v) is 1.12. The summed E-state index contributed by atoms with van der Waals surface area (Å²) in [6.07, 6.45) is 1.77. The highest BCUT2D eigenvalue weighted by atomic mass is 35.5. The normalized spacial score (nSPS) is 9.08. The summed E-state index contributed by atoms with van der Waals surface area (Å²) in [4.78, 5) is 3.97. The largest absolute Gasteiger partial charge is 0.493 e. The summed E-state index contributed by atoms with van der Waals surface area (Å²) in [5.74, 6) is 0.487. The van der Waals surface area contributed by atoms with E-state index >= 15 is 0 Å². The molecule has 0 bridgehead atoms. The fraction of sp³-hybridized carbons (Fsp3) is 0.250. The molecule has 0 radical (unpaired) electrons. The maximum absolute atomic E-state index is 8.44. The number of hydrogen-bond acceptors (Lipinski definition) is 3. The van der Waals surface area contributed by atoms with Gasteiger partial charge in [-0.25, -0.2) is 0 Å². The van der Waals surface area contributed by atoms with Crippen molar-refractivity contribution >= 4 is 11.6 Å². The smallest absolute Gasteiger partial charge is 0.159 e. The maximum atomic E-state index is 8.44. The van der Waals surface area contributed by atoms with Crippen molar-refractivity contribution in [3.05, 3.63) is 23.0 Å². The Bertz CT molecular complexity index is 319. The Hall–Kier alpha value is -1.27. The van der Waals surface area contributed by atoms with Gasteiger partial charge in [0.05, 0.1) is 30.3 Å². The number of ether oxygens (including phenoxy) is 1. The minimum absolute atomic E-state index is 0.212. The highest BCUT2D eigenvalue weighted by molar-refractivity contribution is 6.32. The number of methoxy groups -OCH3 is 1. The SMILES string of the molecule is COc1c(Cl)ccnc1CC#N. The molecule has 12 heavy (non-hydrogen) atoms. The quantitative estimate of drug-likeness (QED) is 0.701. The summed E-state index contributed by atoms with van der Waals surface area (Å²) >= 11 is 5.79. The molecule has 1 aromatic rings. The van der Waals surface area contributed by atoms with Gasteiger partial charge in [0.25, 0.3) is 0 Å². The number of halogens is 1. The van der Waals surface area contributed by atoms with E-state index in [0.29, 0.717) is 16.5 Å². The number of nitrogens with zero attached hydrogens (tertiary/aromatic N) is 2. The van der Waals surface area contributed by atoms with Gasteiger partial charge in [-0.2, -0.15) is 5.26 Å². The Morgan fingerprint density at radius 3 is 3.08 bits per heavy atom. The zero-order valence-electron chi connectivity index (χ0n) is 6.54. The van der Waals surface area contributed by atoms with E-state index in [1.807, 2.05) is 6.07 Å². The third kappa shape index (κ3) is 1.66. The molecule has 0 amide bonds. The van der Waals surface area contributed by atoms with Crippen molar-refractivity contribution in [2.45, 2.75) is 6.42 Å². The van der Waals surface area contributed by atoms with Gasteiger partial charge >= 0.3 is 0 Å². The molecular weight excluding hydrogens is 176 g/mol. The second-order valence-electron chi connectivity index (χ2n) is 2.11. The van der Waals surface area contributed by atoms with E-state index in [1.165, 1.54) is 7.11 Å². The first-order valence-corrected chi connectivity index (χ1v) is 3.71. The van der Waals surface area contributed by atoms with Crippen molar-refractivity contribution in [3.8, 4) is 11.8 Å². The second-order valence-corrected chi connectivity index (χ2v) is 2.51. The molecule has 0 spiro atoms. The minimum atomic E-state index is 0.212. The predicted octanol–water partition coefficient (Wildman–Crippen LogP) is 1.81. The molecule has 0 fully saturated rings. The lowest BCUT2D eigenvalue weighted by Gasteiger charge is -2.05. The molecule has 0 saturated heterocycles. The topological polar surface area (TPSA) is 45.9 Å². The molecular formula is C8H7ClN2O. The van der Waals surface area contributed by atoms with Crippen LogP contribution in [-0.4, -0.2) is 12.1 Å². The van der Waals surface area contributed by atoms with Gasteiger partial charge in [0.15, 0.2) is 5.75 Å². The lowest BCUT2D eigenvalue weighted by atomic mass is 10.2. The summed E-state index contributed by atoms with van der Waals surface area (Å²) in [6, 6.07) is 3.61. The molecule has 0 atom stereocenters. The fourth-order valence-electron chi connectivity index (χ4n) is 0.881. The van der Waals surface area contributed by atoms with Crippen LogP contribution < -0.4 is 4.74 Å². The van der Waals surface area contributed by atoms with Crippen LogP contribution >= 0.6 is 11.6 Å². The molecule has 0 unspecified atom stereocenters. The first kappa shape index (κ1) is 8.82. The molecule has 0 saturated carbocycles.